The fourth-order valence-electron chi connectivity index (χ4n) is 6.76. The Hall–Kier alpha value is -4.86. The van der Waals surface area contributed by atoms with Crippen molar-refractivity contribution in [2.75, 3.05) is 61.7 Å². The summed E-state index contributed by atoms with van der Waals surface area (Å²) in [6, 6.07) is 22.9. The number of aromatic nitrogens is 2. The molecule has 0 saturated carbocycles. The lowest BCUT2D eigenvalue weighted by Gasteiger charge is -2.28. The number of ether oxygens (including phenoxy) is 3. The first-order valence-electron chi connectivity index (χ1n) is 16.1. The van der Waals surface area contributed by atoms with Gasteiger partial charge >= 0.3 is 0 Å². The number of fused-ring (bicyclic) bond motifs is 3. The van der Waals surface area contributed by atoms with Crippen molar-refractivity contribution in [3.05, 3.63) is 96.4 Å². The average molecular weight is 616 g/mol. The summed E-state index contributed by atoms with van der Waals surface area (Å²) in [5.74, 6) is 0.718. The smallest absolute Gasteiger partial charge is 0.257 e. The van der Waals surface area contributed by atoms with Crippen molar-refractivity contribution in [3.63, 3.8) is 0 Å². The molecule has 9 heteroatoms. The van der Waals surface area contributed by atoms with Crippen molar-refractivity contribution < 1.29 is 19.0 Å². The lowest BCUT2D eigenvalue weighted by molar-refractivity contribution is 0.0707. The van der Waals surface area contributed by atoms with Crippen LogP contribution in [0.5, 0.6) is 5.75 Å². The van der Waals surface area contributed by atoms with E-state index in [0.29, 0.717) is 18.2 Å². The second-order valence-corrected chi connectivity index (χ2v) is 12.1. The predicted octanol–water partition coefficient (Wildman–Crippen LogP) is 6.82. The minimum atomic E-state index is -0.129. The average Bonchev–Trinajstić information content (AvgIpc) is 3.43. The summed E-state index contributed by atoms with van der Waals surface area (Å²) in [4.78, 5) is 20.1. The first kappa shape index (κ1) is 28.6. The third-order valence-electron chi connectivity index (χ3n) is 9.27. The zero-order valence-electron chi connectivity index (χ0n) is 25.7. The first-order valence-corrected chi connectivity index (χ1v) is 16.1. The molecule has 234 valence electrons. The standard InChI is InChI=1S/C37H37N5O4/c43-37-31-7-2-26(32-24-42(28-11-16-44-17-12-28)36-23-38-13-9-30(32)36)22-34(31)39-33-8-1-25(21-35(33)40-37)10-18-46-29-5-3-27(4-6-29)41-14-19-45-20-15-41/h1-9,13,21-24,28,39H,10-12,14-20H2,(H,40,43). The highest BCUT2D eigenvalue weighted by molar-refractivity contribution is 6.13. The number of pyridine rings is 1. The van der Waals surface area contributed by atoms with Crippen LogP contribution in [0, 0.1) is 0 Å². The Labute approximate surface area is 268 Å². The van der Waals surface area contributed by atoms with Crippen LogP contribution in [0.25, 0.3) is 22.0 Å². The topological polar surface area (TPSA) is 89.9 Å². The molecule has 0 bridgehead atoms. The van der Waals surface area contributed by atoms with Crippen LogP contribution in [0.3, 0.4) is 0 Å². The lowest BCUT2D eigenvalue weighted by Crippen LogP contribution is -2.36. The highest BCUT2D eigenvalue weighted by atomic mass is 16.5. The Morgan fingerprint density at radius 3 is 2.50 bits per heavy atom. The molecule has 3 aliphatic rings. The Bertz CT molecular complexity index is 1870. The van der Waals surface area contributed by atoms with Crippen molar-refractivity contribution in [2.24, 2.45) is 0 Å². The third kappa shape index (κ3) is 5.68. The maximum absolute atomic E-state index is 13.4. The summed E-state index contributed by atoms with van der Waals surface area (Å²) in [6.07, 6.45) is 8.72. The molecule has 3 aliphatic heterocycles. The van der Waals surface area contributed by atoms with Crippen molar-refractivity contribution in [1.29, 1.82) is 0 Å². The fraction of sp³-hybridized carbons (Fsp3) is 0.297. The van der Waals surface area contributed by atoms with Crippen molar-refractivity contribution in [3.8, 4) is 16.9 Å². The molecule has 9 nitrogen and oxygen atoms in total. The molecule has 1 amide bonds. The van der Waals surface area contributed by atoms with Crippen LogP contribution in [0.15, 0.2) is 85.3 Å². The van der Waals surface area contributed by atoms with Gasteiger partial charge < -0.3 is 34.3 Å². The largest absolute Gasteiger partial charge is 0.493 e. The molecule has 2 N–H and O–H groups in total. The lowest BCUT2D eigenvalue weighted by atomic mass is 10.0. The minimum Gasteiger partial charge on any atom is -0.493 e. The number of hydrogen-bond donors (Lipinski definition) is 2. The van der Waals surface area contributed by atoms with Crippen LogP contribution in [0.4, 0.5) is 22.7 Å². The molecular weight excluding hydrogens is 578 g/mol. The fourth-order valence-corrected chi connectivity index (χ4v) is 6.76. The van der Waals surface area contributed by atoms with E-state index >= 15 is 0 Å². The molecular formula is C37H37N5O4. The van der Waals surface area contributed by atoms with E-state index in [0.717, 1.165) is 109 Å². The van der Waals surface area contributed by atoms with Crippen LogP contribution in [-0.4, -0.2) is 61.6 Å². The van der Waals surface area contributed by atoms with Crippen molar-refractivity contribution >= 4 is 39.6 Å². The van der Waals surface area contributed by atoms with E-state index in [1.807, 2.05) is 48.8 Å². The molecule has 0 aliphatic carbocycles. The quantitative estimate of drug-likeness (QED) is 0.208. The van der Waals surface area contributed by atoms with Gasteiger partial charge in [0.05, 0.1) is 54.2 Å². The summed E-state index contributed by atoms with van der Waals surface area (Å²) in [6.45, 7) is 5.45. The van der Waals surface area contributed by atoms with Gasteiger partial charge in [0.1, 0.15) is 5.75 Å². The second-order valence-electron chi connectivity index (χ2n) is 12.1. The van der Waals surface area contributed by atoms with Crippen LogP contribution >= 0.6 is 0 Å². The Kier molecular flexibility index (Phi) is 7.77. The van der Waals surface area contributed by atoms with Gasteiger partial charge in [-0.25, -0.2) is 0 Å². The molecule has 5 heterocycles. The second kappa shape index (κ2) is 12.5. The molecule has 2 fully saturated rings. The molecule has 5 aromatic rings. The molecule has 0 radical (unpaired) electrons. The molecule has 3 aromatic carbocycles. The summed E-state index contributed by atoms with van der Waals surface area (Å²) >= 11 is 0. The van der Waals surface area contributed by atoms with Gasteiger partial charge in [-0.15, -0.1) is 0 Å². The zero-order chi connectivity index (χ0) is 30.9. The molecule has 2 saturated heterocycles. The van der Waals surface area contributed by atoms with Crippen molar-refractivity contribution in [1.82, 2.24) is 9.55 Å². The number of anilines is 4. The Morgan fingerprint density at radius 1 is 0.826 bits per heavy atom. The summed E-state index contributed by atoms with van der Waals surface area (Å²) < 4.78 is 19.5. The van der Waals surface area contributed by atoms with E-state index in [9.17, 15) is 4.79 Å². The van der Waals surface area contributed by atoms with Gasteiger partial charge in [-0.1, -0.05) is 12.1 Å². The van der Waals surface area contributed by atoms with Crippen molar-refractivity contribution in [2.45, 2.75) is 25.3 Å². The van der Waals surface area contributed by atoms with Crippen LogP contribution in [0.1, 0.15) is 34.8 Å². The summed E-state index contributed by atoms with van der Waals surface area (Å²) in [5, 5.41) is 7.81. The molecule has 46 heavy (non-hydrogen) atoms. The number of carbonyl (C=O) groups excluding carboxylic acids is 1. The number of nitrogens with one attached hydrogen (secondary N) is 2. The number of morpholine rings is 1. The van der Waals surface area contributed by atoms with Crippen LogP contribution < -0.4 is 20.3 Å². The molecule has 8 rings (SSSR count). The van der Waals surface area contributed by atoms with E-state index in [1.54, 1.807) is 0 Å². The van der Waals surface area contributed by atoms with Crippen LogP contribution in [0.2, 0.25) is 0 Å². The molecule has 0 unspecified atom stereocenters. The number of nitrogens with zero attached hydrogens (tertiary/aromatic N) is 3. The number of hydrogen-bond acceptors (Lipinski definition) is 7. The van der Waals surface area contributed by atoms with Crippen LogP contribution in [-0.2, 0) is 15.9 Å². The number of benzene rings is 3. The van der Waals surface area contributed by atoms with Gasteiger partial charge in [0.25, 0.3) is 5.91 Å². The maximum Gasteiger partial charge on any atom is 0.257 e. The molecule has 2 aromatic heterocycles. The van der Waals surface area contributed by atoms with E-state index in [1.165, 1.54) is 5.69 Å². The van der Waals surface area contributed by atoms with E-state index in [-0.39, 0.29) is 5.91 Å². The highest BCUT2D eigenvalue weighted by Gasteiger charge is 2.23. The van der Waals surface area contributed by atoms with Gasteiger partial charge in [0, 0.05) is 67.8 Å². The number of carbonyl (C=O) groups is 1. The molecule has 0 atom stereocenters. The first-order chi connectivity index (χ1) is 22.7. The molecule has 0 spiro atoms. The normalized spacial score (nSPS) is 16.7. The zero-order valence-corrected chi connectivity index (χ0v) is 25.7. The van der Waals surface area contributed by atoms with Gasteiger partial charge in [0.15, 0.2) is 0 Å². The van der Waals surface area contributed by atoms with Gasteiger partial charge in [-0.2, -0.15) is 0 Å². The SMILES string of the molecule is O=C1Nc2cc(CCOc3ccc(N4CCOCC4)cc3)ccc2Nc2cc(-c3cn(C4CCOCC4)c4cnccc34)ccc21. The monoisotopic (exact) mass is 615 g/mol. The number of amides is 1. The van der Waals surface area contributed by atoms with Gasteiger partial charge in [0.2, 0.25) is 0 Å². The van der Waals surface area contributed by atoms with E-state index < -0.39 is 0 Å². The van der Waals surface area contributed by atoms with E-state index in [4.69, 9.17) is 14.2 Å². The van der Waals surface area contributed by atoms with Gasteiger partial charge in [-0.05, 0) is 78.6 Å². The van der Waals surface area contributed by atoms with E-state index in [2.05, 4.69) is 61.6 Å². The Morgan fingerprint density at radius 2 is 1.65 bits per heavy atom. The number of rotatable bonds is 7. The minimum absolute atomic E-state index is 0.129. The third-order valence-corrected chi connectivity index (χ3v) is 9.27. The maximum atomic E-state index is 13.4. The highest BCUT2D eigenvalue weighted by Crippen LogP contribution is 2.39. The predicted molar refractivity (Wildman–Crippen MR) is 181 cm³/mol. The Balaban J connectivity index is 0.983. The summed E-state index contributed by atoms with van der Waals surface area (Å²) in [7, 11) is 0. The summed E-state index contributed by atoms with van der Waals surface area (Å²) in [5.41, 5.74) is 8.60. The van der Waals surface area contributed by atoms with Gasteiger partial charge in [-0.3, -0.25) is 9.78 Å².